The maximum atomic E-state index is 15.5. The number of benzene rings is 2. The van der Waals surface area contributed by atoms with E-state index >= 15 is 4.39 Å². The van der Waals surface area contributed by atoms with Crippen molar-refractivity contribution in [3.05, 3.63) is 52.1 Å². The average Bonchev–Trinajstić information content (AvgIpc) is 2.73. The van der Waals surface area contributed by atoms with Crippen LogP contribution < -0.4 is 20.8 Å². The van der Waals surface area contributed by atoms with Crippen molar-refractivity contribution in [3.63, 3.8) is 0 Å². The van der Waals surface area contributed by atoms with Gasteiger partial charge >= 0.3 is 5.97 Å². The minimum absolute atomic E-state index is 0.175. The van der Waals surface area contributed by atoms with Crippen LogP contribution in [0.2, 0.25) is 0 Å². The summed E-state index contributed by atoms with van der Waals surface area (Å²) < 4.78 is 23.2. The van der Waals surface area contributed by atoms with Gasteiger partial charge in [-0.05, 0) is 19.2 Å². The molecular weight excluding hydrogens is 391 g/mol. The van der Waals surface area contributed by atoms with Gasteiger partial charge in [-0.2, -0.15) is 0 Å². The molecule has 3 aromatic rings. The first-order valence-corrected chi connectivity index (χ1v) is 9.52. The third kappa shape index (κ3) is 2.48. The summed E-state index contributed by atoms with van der Waals surface area (Å²) in [6.45, 7) is 2.60. The number of carboxylic acids is 1. The molecule has 1 saturated heterocycles. The number of aromatic nitrogens is 1. The van der Waals surface area contributed by atoms with Crippen LogP contribution in [-0.4, -0.2) is 53.8 Å². The van der Waals surface area contributed by atoms with Crippen LogP contribution in [0.3, 0.4) is 0 Å². The molecule has 3 N–H and O–H groups in total. The molecule has 8 nitrogen and oxygen atoms in total. The fourth-order valence-electron chi connectivity index (χ4n) is 4.14. The van der Waals surface area contributed by atoms with Crippen LogP contribution >= 0.6 is 0 Å². The maximum Gasteiger partial charge on any atom is 0.341 e. The Morgan fingerprint density at radius 2 is 1.90 bits per heavy atom. The second-order valence-corrected chi connectivity index (χ2v) is 7.54. The van der Waals surface area contributed by atoms with Gasteiger partial charge < -0.3 is 29.9 Å². The number of fused-ring (bicyclic) bond motifs is 2. The zero-order chi connectivity index (χ0) is 21.2. The van der Waals surface area contributed by atoms with Crippen molar-refractivity contribution in [3.8, 4) is 17.2 Å². The molecule has 0 radical (unpaired) electrons. The SMILES string of the molecule is CN1CCN(c2c(F)c(N)c3c(=O)c(C(=O)O)cn4c3c2Oc2ccccc2-4)CC1. The highest BCUT2D eigenvalue weighted by Gasteiger charge is 2.33. The summed E-state index contributed by atoms with van der Waals surface area (Å²) in [5.74, 6) is -1.56. The largest absolute Gasteiger partial charge is 0.477 e. The van der Waals surface area contributed by atoms with Crippen LogP contribution in [0, 0.1) is 5.82 Å². The van der Waals surface area contributed by atoms with E-state index in [2.05, 4.69) is 4.90 Å². The van der Waals surface area contributed by atoms with Crippen molar-refractivity contribution < 1.29 is 19.0 Å². The lowest BCUT2D eigenvalue weighted by Crippen LogP contribution is -2.45. The molecule has 0 atom stereocenters. The second-order valence-electron chi connectivity index (χ2n) is 7.54. The number of para-hydroxylation sites is 2. The number of nitrogens with zero attached hydrogens (tertiary/aromatic N) is 3. The van der Waals surface area contributed by atoms with E-state index in [9.17, 15) is 14.7 Å². The van der Waals surface area contributed by atoms with E-state index in [1.165, 1.54) is 6.20 Å². The molecule has 154 valence electrons. The highest BCUT2D eigenvalue weighted by molar-refractivity contribution is 6.05. The molecule has 0 saturated carbocycles. The molecule has 2 aromatic carbocycles. The predicted octanol–water partition coefficient (Wildman–Crippen LogP) is 2.27. The zero-order valence-corrected chi connectivity index (χ0v) is 16.2. The van der Waals surface area contributed by atoms with Gasteiger partial charge in [-0.15, -0.1) is 0 Å². The molecular formula is C21H19FN4O4. The van der Waals surface area contributed by atoms with Crippen LogP contribution in [0.1, 0.15) is 10.4 Å². The smallest absolute Gasteiger partial charge is 0.341 e. The zero-order valence-electron chi connectivity index (χ0n) is 16.2. The molecule has 5 rings (SSSR count). The molecule has 30 heavy (non-hydrogen) atoms. The Morgan fingerprint density at radius 1 is 1.20 bits per heavy atom. The molecule has 0 amide bonds. The van der Waals surface area contributed by atoms with Gasteiger partial charge in [0.25, 0.3) is 0 Å². The minimum Gasteiger partial charge on any atom is -0.477 e. The Labute approximate surface area is 170 Å². The molecule has 2 aliphatic heterocycles. The summed E-state index contributed by atoms with van der Waals surface area (Å²) in [5.41, 5.74) is 5.42. The second kappa shape index (κ2) is 6.46. The van der Waals surface area contributed by atoms with E-state index in [1.54, 1.807) is 28.8 Å². The molecule has 1 fully saturated rings. The van der Waals surface area contributed by atoms with E-state index in [4.69, 9.17) is 10.5 Å². The van der Waals surface area contributed by atoms with E-state index in [1.807, 2.05) is 11.9 Å². The number of ether oxygens (including phenoxy) is 1. The Balaban J connectivity index is 1.91. The van der Waals surface area contributed by atoms with Crippen molar-refractivity contribution in [2.24, 2.45) is 0 Å². The van der Waals surface area contributed by atoms with E-state index < -0.39 is 22.8 Å². The van der Waals surface area contributed by atoms with Crippen LogP contribution in [0.4, 0.5) is 15.8 Å². The number of hydrogen-bond donors (Lipinski definition) is 2. The standard InChI is InChI=1S/C21H19FN4O4/c1-24-6-8-25(9-7-24)18-15(22)16(23)14-17-20(18)30-13-5-3-2-4-12(13)26(17)10-11(19(14)27)21(28)29/h2-5,10H,6-9,23H2,1H3,(H,28,29). The van der Waals surface area contributed by atoms with Gasteiger partial charge in [0.2, 0.25) is 5.43 Å². The maximum absolute atomic E-state index is 15.5. The summed E-state index contributed by atoms with van der Waals surface area (Å²) in [6.07, 6.45) is 1.25. The highest BCUT2D eigenvalue weighted by Crippen LogP contribution is 2.48. The van der Waals surface area contributed by atoms with Crippen LogP contribution in [0.5, 0.6) is 11.5 Å². The normalized spacial score (nSPS) is 15.7. The molecule has 0 bridgehead atoms. The Kier molecular flexibility index (Phi) is 3.97. The lowest BCUT2D eigenvalue weighted by Gasteiger charge is -2.36. The summed E-state index contributed by atoms with van der Waals surface area (Å²) in [5, 5.41) is 9.35. The third-order valence-corrected chi connectivity index (χ3v) is 5.74. The number of hydrogen-bond acceptors (Lipinski definition) is 6. The van der Waals surface area contributed by atoms with Crippen molar-refractivity contribution in [1.29, 1.82) is 0 Å². The molecule has 0 spiro atoms. The number of pyridine rings is 1. The van der Waals surface area contributed by atoms with E-state index in [-0.39, 0.29) is 28.0 Å². The number of likely N-dealkylation sites (N-methyl/N-ethyl adjacent to an activating group) is 1. The van der Waals surface area contributed by atoms with Crippen molar-refractivity contribution in [2.45, 2.75) is 0 Å². The first kappa shape index (κ1) is 18.4. The van der Waals surface area contributed by atoms with Gasteiger partial charge in [0.05, 0.1) is 16.8 Å². The van der Waals surface area contributed by atoms with Gasteiger partial charge in [-0.1, -0.05) is 12.1 Å². The van der Waals surface area contributed by atoms with E-state index in [0.717, 1.165) is 13.1 Å². The first-order valence-electron chi connectivity index (χ1n) is 9.52. The summed E-state index contributed by atoms with van der Waals surface area (Å²) in [7, 11) is 1.99. The van der Waals surface area contributed by atoms with Gasteiger partial charge in [0.1, 0.15) is 16.8 Å². The van der Waals surface area contributed by atoms with Crippen LogP contribution in [0.15, 0.2) is 35.3 Å². The van der Waals surface area contributed by atoms with Gasteiger partial charge in [0.15, 0.2) is 17.3 Å². The number of nitrogens with two attached hydrogens (primary N) is 1. The number of piperazine rings is 1. The highest BCUT2D eigenvalue weighted by atomic mass is 19.1. The monoisotopic (exact) mass is 410 g/mol. The lowest BCUT2D eigenvalue weighted by molar-refractivity contribution is 0.0695. The lowest BCUT2D eigenvalue weighted by atomic mass is 10.0. The Bertz CT molecular complexity index is 1280. The molecule has 1 aromatic heterocycles. The summed E-state index contributed by atoms with van der Waals surface area (Å²) in [6, 6.07) is 6.99. The number of rotatable bonds is 2. The number of halogens is 1. The molecule has 3 heterocycles. The topological polar surface area (TPSA) is 101 Å². The Hall–Kier alpha value is -3.59. The number of aromatic carboxylic acids is 1. The fraction of sp³-hybridized carbons (Fsp3) is 0.238. The van der Waals surface area contributed by atoms with Gasteiger partial charge in [-0.25, -0.2) is 9.18 Å². The minimum atomic E-state index is -1.40. The molecule has 0 unspecified atom stereocenters. The van der Waals surface area contributed by atoms with E-state index in [0.29, 0.717) is 24.5 Å². The predicted molar refractivity (Wildman–Crippen MR) is 111 cm³/mol. The number of nitrogen functional groups attached to an aromatic ring is 1. The fourth-order valence-corrected chi connectivity index (χ4v) is 4.14. The molecule has 9 heteroatoms. The van der Waals surface area contributed by atoms with Crippen molar-refractivity contribution in [2.75, 3.05) is 43.9 Å². The van der Waals surface area contributed by atoms with Gasteiger partial charge in [-0.3, -0.25) is 4.79 Å². The van der Waals surface area contributed by atoms with Crippen molar-refractivity contribution in [1.82, 2.24) is 9.47 Å². The van der Waals surface area contributed by atoms with Gasteiger partial charge in [0, 0.05) is 32.4 Å². The number of anilines is 2. The number of carbonyl (C=O) groups is 1. The van der Waals surface area contributed by atoms with Crippen molar-refractivity contribution >= 4 is 28.2 Å². The first-order chi connectivity index (χ1) is 14.4. The number of carboxylic acid groups (broad SMARTS) is 1. The average molecular weight is 410 g/mol. The summed E-state index contributed by atoms with van der Waals surface area (Å²) in [4.78, 5) is 28.6. The molecule has 0 aliphatic carbocycles. The van der Waals surface area contributed by atoms with Crippen LogP contribution in [0.25, 0.3) is 16.6 Å². The molecule has 2 aliphatic rings. The quantitative estimate of drug-likeness (QED) is 0.489. The third-order valence-electron chi connectivity index (χ3n) is 5.74. The Morgan fingerprint density at radius 3 is 2.60 bits per heavy atom. The summed E-state index contributed by atoms with van der Waals surface area (Å²) >= 11 is 0. The van der Waals surface area contributed by atoms with Crippen LogP contribution in [-0.2, 0) is 0 Å².